The lowest BCUT2D eigenvalue weighted by Gasteiger charge is -2.03. The number of rotatable bonds is 1. The van der Waals surface area contributed by atoms with Crippen molar-refractivity contribution in [1.29, 1.82) is 0 Å². The maximum Gasteiger partial charge on any atom is 0.143 e. The first-order valence-electron chi connectivity index (χ1n) is 9.53. The first-order valence-corrected chi connectivity index (χ1v) is 9.53. The quantitative estimate of drug-likeness (QED) is 0.299. The van der Waals surface area contributed by atoms with Crippen LogP contribution in [-0.2, 0) is 0 Å². The zero-order valence-electron chi connectivity index (χ0n) is 15.7. The van der Waals surface area contributed by atoms with Crippen molar-refractivity contribution in [2.45, 2.75) is 13.8 Å². The monoisotopic (exact) mass is 362 g/mol. The summed E-state index contributed by atoms with van der Waals surface area (Å²) in [4.78, 5) is 0. The normalized spacial score (nSPS) is 11.9. The largest absolute Gasteiger partial charge is 0.456 e. The minimum absolute atomic E-state index is 0.917. The Labute approximate surface area is 162 Å². The molecule has 4 aromatic carbocycles. The molecule has 0 saturated heterocycles. The fourth-order valence-corrected chi connectivity index (χ4v) is 4.25. The standard InChI is InChI=1S/C26H18O2/c1-15-9-11-23-21(13-15)20-8-4-6-18(26(20)28-23)17-10-12-24-22(14-17)19-7-3-5-16(2)25(19)27-24/h3-14H,1-2H3. The van der Waals surface area contributed by atoms with E-state index in [-0.39, 0.29) is 0 Å². The number of para-hydroxylation sites is 2. The molecular formula is C26H18O2. The third-order valence-electron chi connectivity index (χ3n) is 5.66. The van der Waals surface area contributed by atoms with Crippen LogP contribution >= 0.6 is 0 Å². The van der Waals surface area contributed by atoms with E-state index in [0.717, 1.165) is 55.2 Å². The molecule has 0 aliphatic rings. The van der Waals surface area contributed by atoms with Crippen LogP contribution in [0.4, 0.5) is 0 Å². The maximum atomic E-state index is 6.27. The van der Waals surface area contributed by atoms with Crippen molar-refractivity contribution >= 4 is 43.9 Å². The molecule has 6 rings (SSSR count). The van der Waals surface area contributed by atoms with Gasteiger partial charge in [-0.15, -0.1) is 0 Å². The summed E-state index contributed by atoms with van der Waals surface area (Å²) in [5, 5.41) is 4.62. The number of fused-ring (bicyclic) bond motifs is 6. The second-order valence-corrected chi connectivity index (χ2v) is 7.55. The molecule has 28 heavy (non-hydrogen) atoms. The molecule has 0 aliphatic carbocycles. The third-order valence-corrected chi connectivity index (χ3v) is 5.66. The Morgan fingerprint density at radius 2 is 1.25 bits per heavy atom. The summed E-state index contributed by atoms with van der Waals surface area (Å²) in [6.07, 6.45) is 0. The second kappa shape index (κ2) is 5.49. The highest BCUT2D eigenvalue weighted by molar-refractivity contribution is 6.11. The third kappa shape index (κ3) is 2.09. The van der Waals surface area contributed by atoms with Crippen LogP contribution < -0.4 is 0 Å². The molecule has 0 saturated carbocycles. The van der Waals surface area contributed by atoms with Crippen LogP contribution in [0.3, 0.4) is 0 Å². The van der Waals surface area contributed by atoms with Crippen LogP contribution in [0.1, 0.15) is 11.1 Å². The zero-order valence-corrected chi connectivity index (χ0v) is 15.7. The highest BCUT2D eigenvalue weighted by Crippen LogP contribution is 2.38. The van der Waals surface area contributed by atoms with E-state index in [1.807, 2.05) is 0 Å². The van der Waals surface area contributed by atoms with Gasteiger partial charge >= 0.3 is 0 Å². The molecule has 6 aromatic rings. The van der Waals surface area contributed by atoms with Gasteiger partial charge in [0.2, 0.25) is 0 Å². The van der Waals surface area contributed by atoms with Crippen LogP contribution in [0.15, 0.2) is 81.6 Å². The summed E-state index contributed by atoms with van der Waals surface area (Å²) in [5.41, 5.74) is 8.39. The predicted octanol–water partition coefficient (Wildman–Crippen LogP) is 7.77. The molecule has 2 nitrogen and oxygen atoms in total. The Kier molecular flexibility index (Phi) is 3.05. The van der Waals surface area contributed by atoms with E-state index in [4.69, 9.17) is 8.83 Å². The van der Waals surface area contributed by atoms with Gasteiger partial charge in [0.25, 0.3) is 0 Å². The van der Waals surface area contributed by atoms with Gasteiger partial charge in [0, 0.05) is 27.1 Å². The van der Waals surface area contributed by atoms with Gasteiger partial charge in [0.15, 0.2) is 0 Å². The number of aryl methyl sites for hydroxylation is 2. The summed E-state index contributed by atoms with van der Waals surface area (Å²) < 4.78 is 12.4. The molecule has 0 spiro atoms. The van der Waals surface area contributed by atoms with Crippen LogP contribution in [0.25, 0.3) is 55.0 Å². The molecule has 0 fully saturated rings. The Morgan fingerprint density at radius 1 is 0.571 bits per heavy atom. The molecule has 0 aliphatic heterocycles. The van der Waals surface area contributed by atoms with Gasteiger partial charge in [0.1, 0.15) is 22.3 Å². The highest BCUT2D eigenvalue weighted by Gasteiger charge is 2.14. The van der Waals surface area contributed by atoms with Crippen molar-refractivity contribution in [2.75, 3.05) is 0 Å². The minimum atomic E-state index is 0.917. The summed E-state index contributed by atoms with van der Waals surface area (Å²) in [5.74, 6) is 0. The Hall–Kier alpha value is -3.52. The number of benzene rings is 4. The van der Waals surface area contributed by atoms with Gasteiger partial charge in [-0.1, -0.05) is 54.1 Å². The summed E-state index contributed by atoms with van der Waals surface area (Å²) in [6.45, 7) is 4.20. The van der Waals surface area contributed by atoms with Gasteiger partial charge in [-0.2, -0.15) is 0 Å². The fraction of sp³-hybridized carbons (Fsp3) is 0.0769. The molecule has 2 heteroatoms. The van der Waals surface area contributed by atoms with Gasteiger partial charge in [-0.25, -0.2) is 0 Å². The highest BCUT2D eigenvalue weighted by atomic mass is 16.3. The molecule has 2 aromatic heterocycles. The Bertz CT molecular complexity index is 1530. The fourth-order valence-electron chi connectivity index (χ4n) is 4.25. The lowest BCUT2D eigenvalue weighted by atomic mass is 10.00. The Morgan fingerprint density at radius 3 is 2.11 bits per heavy atom. The summed E-state index contributed by atoms with van der Waals surface area (Å²) in [6, 6.07) is 25.4. The SMILES string of the molecule is Cc1ccc2oc3c(-c4ccc5oc6c(C)cccc6c5c4)cccc3c2c1. The van der Waals surface area contributed by atoms with Crippen molar-refractivity contribution in [1.82, 2.24) is 0 Å². The van der Waals surface area contributed by atoms with Crippen LogP contribution in [-0.4, -0.2) is 0 Å². The average molecular weight is 362 g/mol. The molecule has 0 atom stereocenters. The van der Waals surface area contributed by atoms with E-state index in [9.17, 15) is 0 Å². The van der Waals surface area contributed by atoms with E-state index in [0.29, 0.717) is 0 Å². The van der Waals surface area contributed by atoms with E-state index in [1.54, 1.807) is 0 Å². The maximum absolute atomic E-state index is 6.27. The molecule has 0 radical (unpaired) electrons. The minimum Gasteiger partial charge on any atom is -0.456 e. The zero-order chi connectivity index (χ0) is 18.8. The molecule has 134 valence electrons. The molecular weight excluding hydrogens is 344 g/mol. The van der Waals surface area contributed by atoms with Crippen molar-refractivity contribution in [2.24, 2.45) is 0 Å². The Balaban J connectivity index is 1.66. The van der Waals surface area contributed by atoms with Gasteiger partial charge in [0.05, 0.1) is 0 Å². The van der Waals surface area contributed by atoms with Gasteiger partial charge < -0.3 is 8.83 Å². The first-order chi connectivity index (χ1) is 13.7. The van der Waals surface area contributed by atoms with Crippen molar-refractivity contribution in [3.05, 3.63) is 83.9 Å². The topological polar surface area (TPSA) is 26.3 Å². The van der Waals surface area contributed by atoms with Gasteiger partial charge in [-0.3, -0.25) is 0 Å². The lowest BCUT2D eigenvalue weighted by Crippen LogP contribution is -1.79. The molecule has 0 N–H and O–H groups in total. The van der Waals surface area contributed by atoms with Crippen LogP contribution in [0.5, 0.6) is 0 Å². The van der Waals surface area contributed by atoms with E-state index >= 15 is 0 Å². The van der Waals surface area contributed by atoms with Crippen molar-refractivity contribution in [3.63, 3.8) is 0 Å². The van der Waals surface area contributed by atoms with Crippen molar-refractivity contribution in [3.8, 4) is 11.1 Å². The summed E-state index contributed by atoms with van der Waals surface area (Å²) in [7, 11) is 0. The van der Waals surface area contributed by atoms with E-state index in [1.165, 1.54) is 10.9 Å². The van der Waals surface area contributed by atoms with Crippen LogP contribution in [0, 0.1) is 13.8 Å². The molecule has 0 amide bonds. The molecule has 0 unspecified atom stereocenters. The molecule has 2 heterocycles. The predicted molar refractivity (Wildman–Crippen MR) is 116 cm³/mol. The lowest BCUT2D eigenvalue weighted by molar-refractivity contribution is 0.665. The number of hydrogen-bond donors (Lipinski definition) is 0. The number of furan rings is 2. The van der Waals surface area contributed by atoms with Crippen LogP contribution in [0.2, 0.25) is 0 Å². The van der Waals surface area contributed by atoms with Crippen molar-refractivity contribution < 1.29 is 8.83 Å². The summed E-state index contributed by atoms with van der Waals surface area (Å²) >= 11 is 0. The van der Waals surface area contributed by atoms with E-state index < -0.39 is 0 Å². The second-order valence-electron chi connectivity index (χ2n) is 7.55. The molecule has 0 bridgehead atoms. The first kappa shape index (κ1) is 15.5. The smallest absolute Gasteiger partial charge is 0.143 e. The average Bonchev–Trinajstić information content (AvgIpc) is 3.26. The van der Waals surface area contributed by atoms with E-state index in [2.05, 4.69) is 86.6 Å². The van der Waals surface area contributed by atoms with Gasteiger partial charge in [-0.05, 0) is 49.2 Å². The number of hydrogen-bond acceptors (Lipinski definition) is 2.